The first kappa shape index (κ1) is 10.5. The van der Waals surface area contributed by atoms with Gasteiger partial charge in [0.15, 0.2) is 0 Å². The summed E-state index contributed by atoms with van der Waals surface area (Å²) in [6, 6.07) is 7.64. The number of hydrogen-bond acceptors (Lipinski definition) is 5. The number of aryl methyl sites for hydroxylation is 1. The normalized spacial score (nSPS) is 10.7. The van der Waals surface area contributed by atoms with Gasteiger partial charge in [0.1, 0.15) is 0 Å². The van der Waals surface area contributed by atoms with Crippen LogP contribution in [0.1, 0.15) is 0 Å². The van der Waals surface area contributed by atoms with Crippen LogP contribution in [0.3, 0.4) is 0 Å². The van der Waals surface area contributed by atoms with Crippen molar-refractivity contribution in [2.75, 3.05) is 5.73 Å². The van der Waals surface area contributed by atoms with Crippen LogP contribution in [0.4, 0.5) is 5.69 Å². The van der Waals surface area contributed by atoms with Crippen molar-refractivity contribution in [2.45, 2.75) is 0 Å². The number of para-hydroxylation sites is 1. The molecule has 0 spiro atoms. The van der Waals surface area contributed by atoms with Crippen LogP contribution >= 0.6 is 0 Å². The molecule has 3 aromatic rings. The van der Waals surface area contributed by atoms with Crippen LogP contribution in [0.15, 0.2) is 36.7 Å². The second kappa shape index (κ2) is 3.95. The summed E-state index contributed by atoms with van der Waals surface area (Å²) in [4.78, 5) is 0. The predicted molar refractivity (Wildman–Crippen MR) is 65.8 cm³/mol. The lowest BCUT2D eigenvalue weighted by atomic mass is 10.1. The zero-order valence-electron chi connectivity index (χ0n) is 9.72. The van der Waals surface area contributed by atoms with Crippen LogP contribution in [0.2, 0.25) is 0 Å². The highest BCUT2D eigenvalue weighted by molar-refractivity contribution is 5.75. The van der Waals surface area contributed by atoms with Crippen LogP contribution in [0.25, 0.3) is 17.1 Å². The van der Waals surface area contributed by atoms with Gasteiger partial charge >= 0.3 is 0 Å². The van der Waals surface area contributed by atoms with E-state index in [1.54, 1.807) is 22.6 Å². The molecule has 18 heavy (non-hydrogen) atoms. The van der Waals surface area contributed by atoms with Gasteiger partial charge in [-0.3, -0.25) is 0 Å². The second-order valence-corrected chi connectivity index (χ2v) is 3.86. The first-order valence-corrected chi connectivity index (χ1v) is 5.38. The lowest BCUT2D eigenvalue weighted by Gasteiger charge is -2.01. The van der Waals surface area contributed by atoms with E-state index in [2.05, 4.69) is 20.6 Å². The predicted octanol–water partition coefficient (Wildman–Crippen LogP) is 0.645. The molecule has 0 radical (unpaired) electrons. The molecule has 0 saturated heterocycles. The summed E-state index contributed by atoms with van der Waals surface area (Å²) in [7, 11) is 1.76. The molecule has 2 N–H and O–H groups in total. The van der Waals surface area contributed by atoms with Crippen molar-refractivity contribution in [3.05, 3.63) is 36.7 Å². The van der Waals surface area contributed by atoms with Gasteiger partial charge < -0.3 is 5.73 Å². The summed E-state index contributed by atoms with van der Waals surface area (Å²) >= 11 is 0. The van der Waals surface area contributed by atoms with E-state index in [0.717, 1.165) is 11.1 Å². The van der Waals surface area contributed by atoms with E-state index in [0.29, 0.717) is 11.6 Å². The highest BCUT2D eigenvalue weighted by Gasteiger charge is 2.09. The third-order valence-corrected chi connectivity index (χ3v) is 2.66. The van der Waals surface area contributed by atoms with Crippen LogP contribution in [0, 0.1) is 0 Å². The van der Waals surface area contributed by atoms with E-state index in [1.165, 1.54) is 0 Å². The van der Waals surface area contributed by atoms with Crippen LogP contribution in [0.5, 0.6) is 0 Å². The van der Waals surface area contributed by atoms with Gasteiger partial charge in [-0.1, -0.05) is 23.3 Å². The van der Waals surface area contributed by atoms with E-state index in [4.69, 9.17) is 5.73 Å². The van der Waals surface area contributed by atoms with Gasteiger partial charge in [-0.2, -0.15) is 5.10 Å². The van der Waals surface area contributed by atoms with Crippen LogP contribution in [-0.2, 0) is 7.05 Å². The highest BCUT2D eigenvalue weighted by Crippen LogP contribution is 2.25. The molecule has 0 bridgehead atoms. The molecule has 2 heterocycles. The average Bonchev–Trinajstić information content (AvgIpc) is 2.98. The zero-order valence-corrected chi connectivity index (χ0v) is 9.72. The zero-order chi connectivity index (χ0) is 12.5. The summed E-state index contributed by atoms with van der Waals surface area (Å²) in [5, 5.41) is 15.5. The summed E-state index contributed by atoms with van der Waals surface area (Å²) in [6.45, 7) is 0. The standard InChI is InChI=1S/C11H11N7/c1-17-11(14-15-16-17)18-7-8(6-13-18)9-4-2-3-5-10(9)12/h2-7H,12H2,1H3. The molecule has 7 heteroatoms. The van der Waals surface area contributed by atoms with E-state index < -0.39 is 0 Å². The fourth-order valence-corrected chi connectivity index (χ4v) is 1.75. The Labute approximate surface area is 103 Å². The van der Waals surface area contributed by atoms with Gasteiger partial charge in [-0.25, -0.2) is 9.36 Å². The van der Waals surface area contributed by atoms with Crippen molar-refractivity contribution in [1.29, 1.82) is 0 Å². The lowest BCUT2D eigenvalue weighted by Crippen LogP contribution is -2.04. The summed E-state index contributed by atoms with van der Waals surface area (Å²) in [6.07, 6.45) is 3.58. The monoisotopic (exact) mass is 241 g/mol. The Morgan fingerprint density at radius 3 is 2.78 bits per heavy atom. The quantitative estimate of drug-likeness (QED) is 0.665. The molecule has 0 saturated carbocycles. The van der Waals surface area contributed by atoms with Crippen molar-refractivity contribution in [3.8, 4) is 17.1 Å². The molecule has 2 aromatic heterocycles. The molecule has 90 valence electrons. The Kier molecular flexibility index (Phi) is 2.30. The number of nitrogen functional groups attached to an aromatic ring is 1. The molecule has 0 unspecified atom stereocenters. The van der Waals surface area contributed by atoms with Gasteiger partial charge in [0.2, 0.25) is 0 Å². The molecule has 0 aliphatic carbocycles. The van der Waals surface area contributed by atoms with E-state index in [-0.39, 0.29) is 0 Å². The smallest absolute Gasteiger partial charge is 0.270 e. The molecule has 0 fully saturated rings. The van der Waals surface area contributed by atoms with Crippen molar-refractivity contribution in [3.63, 3.8) is 0 Å². The maximum atomic E-state index is 5.93. The Balaban J connectivity index is 2.05. The Morgan fingerprint density at radius 1 is 1.22 bits per heavy atom. The molecule has 1 aromatic carbocycles. The third-order valence-electron chi connectivity index (χ3n) is 2.66. The number of nitrogens with two attached hydrogens (primary N) is 1. The summed E-state index contributed by atoms with van der Waals surface area (Å²) in [5.41, 5.74) is 8.51. The third kappa shape index (κ3) is 1.61. The number of tetrazole rings is 1. The average molecular weight is 241 g/mol. The van der Waals surface area contributed by atoms with Gasteiger partial charge in [0.25, 0.3) is 5.95 Å². The maximum Gasteiger partial charge on any atom is 0.270 e. The van der Waals surface area contributed by atoms with E-state index >= 15 is 0 Å². The fourth-order valence-electron chi connectivity index (χ4n) is 1.75. The molecule has 7 nitrogen and oxygen atoms in total. The Bertz CT molecular complexity index is 682. The first-order chi connectivity index (χ1) is 8.75. The summed E-state index contributed by atoms with van der Waals surface area (Å²) in [5.74, 6) is 0.552. The van der Waals surface area contributed by atoms with E-state index in [1.807, 2.05) is 30.5 Å². The summed E-state index contributed by atoms with van der Waals surface area (Å²) < 4.78 is 3.16. The Morgan fingerprint density at radius 2 is 2.06 bits per heavy atom. The van der Waals surface area contributed by atoms with Gasteiger partial charge in [0, 0.05) is 30.1 Å². The van der Waals surface area contributed by atoms with Crippen LogP contribution in [-0.4, -0.2) is 30.0 Å². The van der Waals surface area contributed by atoms with Gasteiger partial charge in [0.05, 0.1) is 6.20 Å². The molecule has 0 amide bonds. The molecule has 0 aliphatic heterocycles. The first-order valence-electron chi connectivity index (χ1n) is 5.38. The molecule has 0 aliphatic rings. The Hall–Kier alpha value is -2.70. The van der Waals surface area contributed by atoms with E-state index in [9.17, 15) is 0 Å². The van der Waals surface area contributed by atoms with Crippen molar-refractivity contribution < 1.29 is 0 Å². The molecule has 3 rings (SSSR count). The lowest BCUT2D eigenvalue weighted by molar-refractivity contribution is 0.672. The minimum absolute atomic E-state index is 0.552. The highest BCUT2D eigenvalue weighted by atomic mass is 15.6. The number of aromatic nitrogens is 6. The SMILES string of the molecule is Cn1nnnc1-n1cc(-c2ccccc2N)cn1. The second-order valence-electron chi connectivity index (χ2n) is 3.86. The topological polar surface area (TPSA) is 87.4 Å². The maximum absolute atomic E-state index is 5.93. The van der Waals surface area contributed by atoms with Crippen molar-refractivity contribution in [2.24, 2.45) is 7.05 Å². The fraction of sp³-hybridized carbons (Fsp3) is 0.0909. The molecular weight excluding hydrogens is 230 g/mol. The minimum atomic E-state index is 0.552. The number of nitrogens with zero attached hydrogens (tertiary/aromatic N) is 6. The van der Waals surface area contributed by atoms with Gasteiger partial charge in [-0.15, -0.1) is 0 Å². The van der Waals surface area contributed by atoms with Crippen LogP contribution < -0.4 is 5.73 Å². The van der Waals surface area contributed by atoms with Crippen molar-refractivity contribution >= 4 is 5.69 Å². The number of rotatable bonds is 2. The minimum Gasteiger partial charge on any atom is -0.398 e. The number of hydrogen-bond donors (Lipinski definition) is 1. The molecule has 0 atom stereocenters. The number of anilines is 1. The van der Waals surface area contributed by atoms with Gasteiger partial charge in [-0.05, 0) is 16.5 Å². The largest absolute Gasteiger partial charge is 0.398 e. The van der Waals surface area contributed by atoms with Crippen molar-refractivity contribution in [1.82, 2.24) is 30.0 Å². The molecular formula is C11H11N7. The number of benzene rings is 1.